The van der Waals surface area contributed by atoms with Crippen molar-refractivity contribution in [2.75, 3.05) is 21.2 Å². The Hall–Kier alpha value is -3.77. The van der Waals surface area contributed by atoms with Crippen LogP contribution in [-0.4, -0.2) is 31.9 Å². The van der Waals surface area contributed by atoms with Crippen LogP contribution in [0.3, 0.4) is 0 Å². The number of methoxy groups -OCH3 is 1. The number of carbonyl (C=O) groups is 1. The Labute approximate surface area is 189 Å². The van der Waals surface area contributed by atoms with Gasteiger partial charge in [0.15, 0.2) is 17.3 Å². The standard InChI is InChI=1S/C25H20ClNO5/c1-27(2)14-23(24(28)15-8-10-16(26)11-9-15)32-22-13-20-18(12-21(22)30-3)25(29)17-6-4-5-7-19(17)31-20/h4-14H,1-3H3/b23-14-. The first-order valence-corrected chi connectivity index (χ1v) is 10.1. The summed E-state index contributed by atoms with van der Waals surface area (Å²) in [6.07, 6.45) is 1.57. The van der Waals surface area contributed by atoms with Crippen LogP contribution in [0.25, 0.3) is 21.9 Å². The Bertz CT molecular complexity index is 1400. The summed E-state index contributed by atoms with van der Waals surface area (Å²) in [5, 5.41) is 1.36. The second kappa shape index (κ2) is 8.77. The molecule has 0 aliphatic heterocycles. The molecule has 0 saturated carbocycles. The summed E-state index contributed by atoms with van der Waals surface area (Å²) in [6.45, 7) is 0. The molecule has 4 rings (SSSR count). The molecule has 0 atom stereocenters. The van der Waals surface area contributed by atoms with E-state index in [4.69, 9.17) is 25.5 Å². The van der Waals surface area contributed by atoms with E-state index in [1.165, 1.54) is 7.11 Å². The average Bonchev–Trinajstić information content (AvgIpc) is 2.78. The molecule has 6 nitrogen and oxygen atoms in total. The Balaban J connectivity index is 1.82. The molecule has 162 valence electrons. The summed E-state index contributed by atoms with van der Waals surface area (Å²) < 4.78 is 17.4. The van der Waals surface area contributed by atoms with Gasteiger partial charge in [0, 0.05) is 36.9 Å². The summed E-state index contributed by atoms with van der Waals surface area (Å²) in [6, 6.07) is 16.6. The monoisotopic (exact) mass is 449 g/mol. The van der Waals surface area contributed by atoms with Gasteiger partial charge in [0.2, 0.25) is 11.2 Å². The minimum Gasteiger partial charge on any atom is -0.493 e. The van der Waals surface area contributed by atoms with Crippen LogP contribution < -0.4 is 14.9 Å². The van der Waals surface area contributed by atoms with Crippen molar-refractivity contribution in [1.82, 2.24) is 4.90 Å². The van der Waals surface area contributed by atoms with Gasteiger partial charge in [0.25, 0.3) is 0 Å². The molecule has 0 amide bonds. The third-order valence-corrected chi connectivity index (χ3v) is 5.04. The lowest BCUT2D eigenvalue weighted by Crippen LogP contribution is -2.15. The van der Waals surface area contributed by atoms with E-state index < -0.39 is 0 Å². The zero-order valence-corrected chi connectivity index (χ0v) is 18.5. The molecule has 1 heterocycles. The molecule has 0 spiro atoms. The molecule has 0 fully saturated rings. The number of benzene rings is 3. The van der Waals surface area contributed by atoms with Crippen LogP contribution in [0.15, 0.2) is 81.8 Å². The number of allylic oxidation sites excluding steroid dienone is 1. The summed E-state index contributed by atoms with van der Waals surface area (Å²) in [4.78, 5) is 27.7. The smallest absolute Gasteiger partial charge is 0.229 e. The van der Waals surface area contributed by atoms with Gasteiger partial charge in [-0.3, -0.25) is 9.59 Å². The van der Waals surface area contributed by atoms with Crippen molar-refractivity contribution >= 4 is 39.3 Å². The molecule has 0 saturated heterocycles. The molecule has 32 heavy (non-hydrogen) atoms. The third-order valence-electron chi connectivity index (χ3n) is 4.79. The molecule has 0 radical (unpaired) electrons. The van der Waals surface area contributed by atoms with Crippen LogP contribution in [-0.2, 0) is 0 Å². The fourth-order valence-electron chi connectivity index (χ4n) is 3.28. The predicted molar refractivity (Wildman–Crippen MR) is 125 cm³/mol. The molecule has 4 aromatic rings. The van der Waals surface area contributed by atoms with Gasteiger partial charge in [-0.05, 0) is 42.5 Å². The van der Waals surface area contributed by atoms with Gasteiger partial charge < -0.3 is 18.8 Å². The molecular weight excluding hydrogens is 430 g/mol. The highest BCUT2D eigenvalue weighted by molar-refractivity contribution is 6.30. The number of ketones is 1. The van der Waals surface area contributed by atoms with Crippen molar-refractivity contribution in [2.24, 2.45) is 0 Å². The molecule has 0 aliphatic carbocycles. The fraction of sp³-hybridized carbons (Fsp3) is 0.120. The third kappa shape index (κ3) is 4.18. The molecule has 0 bridgehead atoms. The molecule has 1 aromatic heterocycles. The first-order valence-electron chi connectivity index (χ1n) is 9.77. The van der Waals surface area contributed by atoms with Gasteiger partial charge in [-0.15, -0.1) is 0 Å². The number of nitrogens with zero attached hydrogens (tertiary/aromatic N) is 1. The largest absolute Gasteiger partial charge is 0.493 e. The highest BCUT2D eigenvalue weighted by Crippen LogP contribution is 2.34. The number of halogens is 1. The maximum atomic E-state index is 13.1. The lowest BCUT2D eigenvalue weighted by Gasteiger charge is -2.15. The first kappa shape index (κ1) is 21.5. The summed E-state index contributed by atoms with van der Waals surface area (Å²) in [7, 11) is 5.02. The van der Waals surface area contributed by atoms with Crippen LogP contribution in [0.1, 0.15) is 10.4 Å². The van der Waals surface area contributed by atoms with E-state index in [-0.39, 0.29) is 22.7 Å². The van der Waals surface area contributed by atoms with E-state index in [9.17, 15) is 9.59 Å². The van der Waals surface area contributed by atoms with Crippen LogP contribution in [0.2, 0.25) is 5.02 Å². The van der Waals surface area contributed by atoms with Gasteiger partial charge >= 0.3 is 0 Å². The molecule has 0 unspecified atom stereocenters. The zero-order chi connectivity index (χ0) is 22.8. The Kier molecular flexibility index (Phi) is 5.88. The molecule has 0 N–H and O–H groups in total. The van der Waals surface area contributed by atoms with Gasteiger partial charge in [0.05, 0.1) is 17.9 Å². The predicted octanol–water partition coefficient (Wildman–Crippen LogP) is 5.27. The summed E-state index contributed by atoms with van der Waals surface area (Å²) in [5.41, 5.74) is 1.03. The molecule has 0 aliphatic rings. The number of Topliss-reactive ketones (excluding diaryl/α,β-unsaturated/α-hetero) is 1. The maximum absolute atomic E-state index is 13.1. The van der Waals surface area contributed by atoms with E-state index in [0.29, 0.717) is 38.3 Å². The van der Waals surface area contributed by atoms with Crippen LogP contribution >= 0.6 is 11.6 Å². The zero-order valence-electron chi connectivity index (χ0n) is 17.7. The van der Waals surface area contributed by atoms with Crippen molar-refractivity contribution in [3.8, 4) is 11.5 Å². The number of fused-ring (bicyclic) bond motifs is 2. The molecule has 7 heteroatoms. The van der Waals surface area contributed by atoms with E-state index in [2.05, 4.69) is 0 Å². The number of ether oxygens (including phenoxy) is 2. The highest BCUT2D eigenvalue weighted by atomic mass is 35.5. The quantitative estimate of drug-likeness (QED) is 0.173. The van der Waals surface area contributed by atoms with Crippen LogP contribution in [0, 0.1) is 0 Å². The van der Waals surface area contributed by atoms with Crippen LogP contribution in [0.4, 0.5) is 0 Å². The van der Waals surface area contributed by atoms with Crippen LogP contribution in [0.5, 0.6) is 11.5 Å². The Morgan fingerprint density at radius 3 is 2.38 bits per heavy atom. The van der Waals surface area contributed by atoms with E-state index >= 15 is 0 Å². The normalized spacial score (nSPS) is 11.6. The van der Waals surface area contributed by atoms with Gasteiger partial charge in [-0.2, -0.15) is 0 Å². The SMILES string of the molecule is COc1cc2c(=O)c3ccccc3oc2cc1O/C(=C\N(C)C)C(=O)c1ccc(Cl)cc1. The molecule has 3 aromatic carbocycles. The minimum absolute atomic E-state index is 0.0677. The number of hydrogen-bond acceptors (Lipinski definition) is 6. The van der Waals surface area contributed by atoms with Gasteiger partial charge in [-0.1, -0.05) is 23.7 Å². The number of carbonyl (C=O) groups excluding carboxylic acids is 1. The average molecular weight is 450 g/mol. The number of hydrogen-bond donors (Lipinski definition) is 0. The van der Waals surface area contributed by atoms with E-state index in [1.54, 1.807) is 85.9 Å². The van der Waals surface area contributed by atoms with Crippen molar-refractivity contribution in [2.45, 2.75) is 0 Å². The summed E-state index contributed by atoms with van der Waals surface area (Å²) in [5.74, 6) is 0.276. The van der Waals surface area contributed by atoms with Crippen molar-refractivity contribution in [1.29, 1.82) is 0 Å². The molecular formula is C25H20ClNO5. The number of rotatable bonds is 6. The van der Waals surface area contributed by atoms with Crippen molar-refractivity contribution in [3.05, 3.63) is 93.4 Å². The Morgan fingerprint density at radius 1 is 0.969 bits per heavy atom. The lowest BCUT2D eigenvalue weighted by atomic mass is 10.1. The van der Waals surface area contributed by atoms with E-state index in [0.717, 1.165) is 0 Å². The number of para-hydroxylation sites is 1. The van der Waals surface area contributed by atoms with Gasteiger partial charge in [0.1, 0.15) is 11.2 Å². The fourth-order valence-corrected chi connectivity index (χ4v) is 3.40. The second-order valence-corrected chi connectivity index (χ2v) is 7.76. The Morgan fingerprint density at radius 2 is 1.69 bits per heavy atom. The minimum atomic E-state index is -0.336. The maximum Gasteiger partial charge on any atom is 0.229 e. The van der Waals surface area contributed by atoms with Crippen molar-refractivity contribution < 1.29 is 18.7 Å². The second-order valence-electron chi connectivity index (χ2n) is 7.32. The van der Waals surface area contributed by atoms with Gasteiger partial charge in [-0.25, -0.2) is 0 Å². The topological polar surface area (TPSA) is 69.0 Å². The summed E-state index contributed by atoms with van der Waals surface area (Å²) >= 11 is 5.94. The van der Waals surface area contributed by atoms with E-state index in [1.807, 2.05) is 0 Å². The van der Waals surface area contributed by atoms with Crippen molar-refractivity contribution in [3.63, 3.8) is 0 Å². The first-order chi connectivity index (χ1) is 15.4. The highest BCUT2D eigenvalue weighted by Gasteiger charge is 2.20. The lowest BCUT2D eigenvalue weighted by molar-refractivity contribution is 0.0981.